The van der Waals surface area contributed by atoms with Crippen molar-refractivity contribution >= 4 is 11.9 Å². The summed E-state index contributed by atoms with van der Waals surface area (Å²) in [5, 5.41) is 0. The van der Waals surface area contributed by atoms with Crippen LogP contribution in [0.1, 0.15) is 31.9 Å². The van der Waals surface area contributed by atoms with Crippen molar-refractivity contribution in [3.05, 3.63) is 24.2 Å². The first-order valence-electron chi connectivity index (χ1n) is 10.1. The topological polar surface area (TPSA) is 61.3 Å². The summed E-state index contributed by atoms with van der Waals surface area (Å²) in [4.78, 5) is 25.8. The molecular weight excluding hydrogens is 338 g/mol. The lowest BCUT2D eigenvalue weighted by Gasteiger charge is -2.34. The minimum Gasteiger partial charge on any atom is -0.341 e. The van der Waals surface area contributed by atoms with Crippen molar-refractivity contribution in [1.82, 2.24) is 24.8 Å². The van der Waals surface area contributed by atoms with Gasteiger partial charge in [-0.05, 0) is 38.8 Å². The third-order valence-electron chi connectivity index (χ3n) is 5.63. The maximum Gasteiger partial charge on any atom is 0.225 e. The van der Waals surface area contributed by atoms with Crippen LogP contribution in [0, 0.1) is 6.92 Å². The molecule has 7 nitrogen and oxygen atoms in total. The molecule has 0 N–H and O–H groups in total. The molecule has 27 heavy (non-hydrogen) atoms. The maximum atomic E-state index is 4.82. The highest BCUT2D eigenvalue weighted by Gasteiger charge is 2.19. The zero-order valence-electron chi connectivity index (χ0n) is 16.4. The van der Waals surface area contributed by atoms with Crippen LogP contribution in [0.15, 0.2) is 18.5 Å². The molecule has 4 heterocycles. The minimum absolute atomic E-state index is 0.808. The van der Waals surface area contributed by atoms with E-state index in [4.69, 9.17) is 9.97 Å². The maximum absolute atomic E-state index is 4.82. The van der Waals surface area contributed by atoms with E-state index >= 15 is 0 Å². The molecular formula is C20H29N7. The largest absolute Gasteiger partial charge is 0.341 e. The third-order valence-corrected chi connectivity index (χ3v) is 5.63. The highest BCUT2D eigenvalue weighted by atomic mass is 15.3. The number of piperidine rings is 1. The first kappa shape index (κ1) is 18.1. The van der Waals surface area contributed by atoms with Crippen LogP contribution in [-0.4, -0.2) is 70.6 Å². The summed E-state index contributed by atoms with van der Waals surface area (Å²) in [7, 11) is 0. The number of aryl methyl sites for hydroxylation is 1. The Labute approximate surface area is 161 Å². The van der Waals surface area contributed by atoms with Crippen molar-refractivity contribution in [1.29, 1.82) is 0 Å². The molecule has 0 aromatic carbocycles. The van der Waals surface area contributed by atoms with Crippen LogP contribution in [0.2, 0.25) is 0 Å². The number of hydrogen-bond acceptors (Lipinski definition) is 7. The standard InChI is InChI=1S/C20H29N7/c1-3-25-11-13-27(14-12-25)19-21-8-7-18(24-19)17-15-22-20(23-16(17)2)26-9-5-4-6-10-26/h7-8,15H,3-6,9-14H2,1-2H3. The van der Waals surface area contributed by atoms with Gasteiger partial charge in [-0.3, -0.25) is 0 Å². The Hall–Kier alpha value is -2.28. The number of aromatic nitrogens is 4. The molecule has 2 aliphatic heterocycles. The number of likely N-dealkylation sites (N-methyl/N-ethyl adjacent to an activating group) is 1. The molecule has 0 aliphatic carbocycles. The molecule has 144 valence electrons. The van der Waals surface area contributed by atoms with E-state index in [1.165, 1.54) is 19.3 Å². The molecule has 0 radical (unpaired) electrons. The van der Waals surface area contributed by atoms with E-state index in [1.807, 2.05) is 25.4 Å². The normalized spacial score (nSPS) is 18.7. The van der Waals surface area contributed by atoms with Crippen molar-refractivity contribution in [2.24, 2.45) is 0 Å². The van der Waals surface area contributed by atoms with Gasteiger partial charge in [-0.1, -0.05) is 6.92 Å². The van der Waals surface area contributed by atoms with Crippen LogP contribution in [0.5, 0.6) is 0 Å². The lowest BCUT2D eigenvalue weighted by atomic mass is 10.1. The summed E-state index contributed by atoms with van der Waals surface area (Å²) >= 11 is 0. The van der Waals surface area contributed by atoms with Crippen LogP contribution in [0.3, 0.4) is 0 Å². The van der Waals surface area contributed by atoms with Crippen LogP contribution in [0.25, 0.3) is 11.3 Å². The Balaban J connectivity index is 1.53. The van der Waals surface area contributed by atoms with E-state index in [0.29, 0.717) is 0 Å². The first-order valence-corrected chi connectivity index (χ1v) is 10.1. The monoisotopic (exact) mass is 367 g/mol. The Morgan fingerprint density at radius 3 is 2.26 bits per heavy atom. The summed E-state index contributed by atoms with van der Waals surface area (Å²) in [5.74, 6) is 1.66. The van der Waals surface area contributed by atoms with Gasteiger partial charge >= 0.3 is 0 Å². The molecule has 0 saturated carbocycles. The van der Waals surface area contributed by atoms with Gasteiger partial charge in [-0.15, -0.1) is 0 Å². The lowest BCUT2D eigenvalue weighted by Crippen LogP contribution is -2.46. The summed E-state index contributed by atoms with van der Waals surface area (Å²) in [6.07, 6.45) is 7.54. The second-order valence-corrected chi connectivity index (χ2v) is 7.38. The van der Waals surface area contributed by atoms with Crippen LogP contribution >= 0.6 is 0 Å². The molecule has 0 spiro atoms. The minimum atomic E-state index is 0.808. The fraction of sp³-hybridized carbons (Fsp3) is 0.600. The highest BCUT2D eigenvalue weighted by Crippen LogP contribution is 2.24. The van der Waals surface area contributed by atoms with Gasteiger partial charge in [0.2, 0.25) is 11.9 Å². The fourth-order valence-electron chi connectivity index (χ4n) is 3.87. The van der Waals surface area contributed by atoms with Gasteiger partial charge in [0, 0.05) is 57.2 Å². The summed E-state index contributed by atoms with van der Waals surface area (Å²) in [6, 6.07) is 1.96. The lowest BCUT2D eigenvalue weighted by molar-refractivity contribution is 0.270. The van der Waals surface area contributed by atoms with Gasteiger partial charge in [-0.25, -0.2) is 19.9 Å². The summed E-state index contributed by atoms with van der Waals surface area (Å²) < 4.78 is 0. The van der Waals surface area contributed by atoms with Crippen molar-refractivity contribution in [2.75, 3.05) is 55.6 Å². The third kappa shape index (κ3) is 4.03. The molecule has 7 heteroatoms. The molecule has 0 bridgehead atoms. The van der Waals surface area contributed by atoms with Crippen molar-refractivity contribution in [3.63, 3.8) is 0 Å². The Bertz CT molecular complexity index is 765. The number of piperazine rings is 1. The van der Waals surface area contributed by atoms with Gasteiger partial charge in [0.15, 0.2) is 0 Å². The van der Waals surface area contributed by atoms with Crippen molar-refractivity contribution < 1.29 is 0 Å². The van der Waals surface area contributed by atoms with E-state index in [1.54, 1.807) is 0 Å². The van der Waals surface area contributed by atoms with E-state index in [-0.39, 0.29) is 0 Å². The van der Waals surface area contributed by atoms with E-state index in [0.717, 1.165) is 74.7 Å². The Kier molecular flexibility index (Phi) is 5.48. The molecule has 2 aromatic rings. The molecule has 2 fully saturated rings. The van der Waals surface area contributed by atoms with Crippen LogP contribution in [-0.2, 0) is 0 Å². The average Bonchev–Trinajstić information content (AvgIpc) is 2.74. The van der Waals surface area contributed by atoms with Gasteiger partial charge in [0.05, 0.1) is 11.4 Å². The van der Waals surface area contributed by atoms with Crippen molar-refractivity contribution in [2.45, 2.75) is 33.1 Å². The van der Waals surface area contributed by atoms with E-state index in [9.17, 15) is 0 Å². The highest BCUT2D eigenvalue weighted by molar-refractivity contribution is 5.62. The Morgan fingerprint density at radius 2 is 1.56 bits per heavy atom. The number of rotatable bonds is 4. The van der Waals surface area contributed by atoms with Gasteiger partial charge in [-0.2, -0.15) is 0 Å². The molecule has 2 aromatic heterocycles. The zero-order chi connectivity index (χ0) is 18.6. The predicted octanol–water partition coefficient (Wildman–Crippen LogP) is 2.37. The first-order chi connectivity index (χ1) is 13.2. The van der Waals surface area contributed by atoms with Gasteiger partial charge in [0.1, 0.15) is 0 Å². The SMILES string of the molecule is CCN1CCN(c2nccc(-c3cnc(N4CCCCC4)nc3C)n2)CC1. The summed E-state index contributed by atoms with van der Waals surface area (Å²) in [6.45, 7) is 11.6. The second kappa shape index (κ2) is 8.17. The number of nitrogens with zero attached hydrogens (tertiary/aromatic N) is 7. The zero-order valence-corrected chi connectivity index (χ0v) is 16.4. The number of hydrogen-bond donors (Lipinski definition) is 0. The van der Waals surface area contributed by atoms with Crippen LogP contribution in [0.4, 0.5) is 11.9 Å². The molecule has 4 rings (SSSR count). The number of anilines is 2. The molecule has 0 atom stereocenters. The quantitative estimate of drug-likeness (QED) is 0.822. The van der Waals surface area contributed by atoms with E-state index < -0.39 is 0 Å². The Morgan fingerprint density at radius 1 is 0.852 bits per heavy atom. The van der Waals surface area contributed by atoms with Gasteiger partial charge in [0.25, 0.3) is 0 Å². The molecule has 2 saturated heterocycles. The predicted molar refractivity (Wildman–Crippen MR) is 108 cm³/mol. The molecule has 0 unspecified atom stereocenters. The van der Waals surface area contributed by atoms with Crippen LogP contribution < -0.4 is 9.80 Å². The van der Waals surface area contributed by atoms with Gasteiger partial charge < -0.3 is 14.7 Å². The smallest absolute Gasteiger partial charge is 0.225 e. The molecule has 2 aliphatic rings. The van der Waals surface area contributed by atoms with E-state index in [2.05, 4.69) is 31.6 Å². The van der Waals surface area contributed by atoms with Crippen molar-refractivity contribution in [3.8, 4) is 11.3 Å². The second-order valence-electron chi connectivity index (χ2n) is 7.38. The average molecular weight is 368 g/mol. The fourth-order valence-corrected chi connectivity index (χ4v) is 3.87. The molecule has 0 amide bonds. The summed E-state index contributed by atoms with van der Waals surface area (Å²) in [5.41, 5.74) is 2.87.